The number of nitrogens with one attached hydrogen (secondary N) is 2. The van der Waals surface area contributed by atoms with Gasteiger partial charge in [-0.1, -0.05) is 44.2 Å². The second-order valence-corrected chi connectivity index (χ2v) is 8.60. The van der Waals surface area contributed by atoms with Gasteiger partial charge in [0, 0.05) is 11.3 Å². The molecule has 34 heavy (non-hydrogen) atoms. The molecule has 0 radical (unpaired) electrons. The molecule has 1 amide bonds. The highest BCUT2D eigenvalue weighted by atomic mass is 32.1. The molecule has 4 aromatic rings. The van der Waals surface area contributed by atoms with Gasteiger partial charge in [0.15, 0.2) is 17.3 Å². The van der Waals surface area contributed by atoms with Crippen LogP contribution in [0.25, 0.3) is 22.6 Å². The quantitative estimate of drug-likeness (QED) is 0.311. The zero-order chi connectivity index (χ0) is 24.1. The van der Waals surface area contributed by atoms with Crippen molar-refractivity contribution in [2.75, 3.05) is 11.9 Å². The number of benzene rings is 3. The first-order chi connectivity index (χ1) is 16.4. The van der Waals surface area contributed by atoms with Crippen molar-refractivity contribution >= 4 is 40.0 Å². The number of carbonyl (C=O) groups excluding carboxylic acids is 1. The Labute approximate surface area is 204 Å². The van der Waals surface area contributed by atoms with Crippen molar-refractivity contribution in [1.82, 2.24) is 10.3 Å². The van der Waals surface area contributed by atoms with Crippen molar-refractivity contribution < 1.29 is 13.9 Å². The molecule has 1 atom stereocenters. The van der Waals surface area contributed by atoms with Gasteiger partial charge < -0.3 is 14.5 Å². The molecular weight excluding hydrogens is 446 g/mol. The van der Waals surface area contributed by atoms with Gasteiger partial charge in [0.1, 0.15) is 11.3 Å². The summed E-state index contributed by atoms with van der Waals surface area (Å²) in [4.78, 5) is 16.9. The number of oxazole rings is 1. The number of aryl methyl sites for hydroxylation is 1. The van der Waals surface area contributed by atoms with Crippen LogP contribution >= 0.6 is 12.2 Å². The number of ether oxygens (including phenoxy) is 1. The summed E-state index contributed by atoms with van der Waals surface area (Å²) in [6.07, 6.45) is 1.07. The fourth-order valence-electron chi connectivity index (χ4n) is 3.53. The summed E-state index contributed by atoms with van der Waals surface area (Å²) in [6, 6.07) is 21.2. The van der Waals surface area contributed by atoms with Crippen LogP contribution in [0.2, 0.25) is 0 Å². The number of fused-ring (bicyclic) bond motifs is 1. The van der Waals surface area contributed by atoms with Crippen molar-refractivity contribution in [2.45, 2.75) is 33.1 Å². The smallest absolute Gasteiger partial charge is 0.264 e. The molecule has 0 aliphatic rings. The van der Waals surface area contributed by atoms with E-state index >= 15 is 0 Å². The minimum Gasteiger partial charge on any atom is -0.483 e. The van der Waals surface area contributed by atoms with Crippen LogP contribution in [0.3, 0.4) is 0 Å². The average Bonchev–Trinajstić information content (AvgIpc) is 3.26. The number of thiocarbonyl (C=S) groups is 1. The highest BCUT2D eigenvalue weighted by Crippen LogP contribution is 2.29. The molecule has 0 bridgehead atoms. The molecule has 0 unspecified atom stereocenters. The molecule has 0 aliphatic carbocycles. The monoisotopic (exact) mass is 473 g/mol. The molecule has 1 heterocycles. The lowest BCUT2D eigenvalue weighted by atomic mass is 9.98. The topological polar surface area (TPSA) is 76.4 Å². The van der Waals surface area contributed by atoms with Crippen LogP contribution in [-0.4, -0.2) is 22.6 Å². The van der Waals surface area contributed by atoms with Gasteiger partial charge >= 0.3 is 0 Å². The minimum absolute atomic E-state index is 0.131. The molecule has 0 aliphatic heterocycles. The zero-order valence-corrected chi connectivity index (χ0v) is 20.2. The van der Waals surface area contributed by atoms with E-state index in [0.717, 1.165) is 28.6 Å². The van der Waals surface area contributed by atoms with Crippen molar-refractivity contribution in [3.05, 3.63) is 77.9 Å². The maximum absolute atomic E-state index is 12.2. The zero-order valence-electron chi connectivity index (χ0n) is 19.4. The summed E-state index contributed by atoms with van der Waals surface area (Å²) in [5.41, 5.74) is 5.31. The molecular formula is C27H27N3O3S. The molecule has 0 spiro atoms. The van der Waals surface area contributed by atoms with E-state index in [1.54, 1.807) is 0 Å². The van der Waals surface area contributed by atoms with Gasteiger partial charge in [-0.2, -0.15) is 0 Å². The van der Waals surface area contributed by atoms with Crippen molar-refractivity contribution in [1.29, 1.82) is 0 Å². The third-order valence-corrected chi connectivity index (χ3v) is 5.87. The molecule has 3 aromatic carbocycles. The molecule has 2 N–H and O–H groups in total. The van der Waals surface area contributed by atoms with Crippen LogP contribution in [0.5, 0.6) is 5.75 Å². The molecule has 0 saturated carbocycles. The van der Waals surface area contributed by atoms with Crippen LogP contribution in [-0.2, 0) is 4.79 Å². The number of nitrogens with zero attached hydrogens (tertiary/aromatic N) is 1. The second-order valence-electron chi connectivity index (χ2n) is 8.19. The first-order valence-electron chi connectivity index (χ1n) is 11.2. The lowest BCUT2D eigenvalue weighted by molar-refractivity contribution is -0.121. The van der Waals surface area contributed by atoms with E-state index in [-0.39, 0.29) is 17.6 Å². The number of anilines is 1. The fraction of sp³-hybridized carbons (Fsp3) is 0.222. The van der Waals surface area contributed by atoms with Crippen molar-refractivity contribution in [2.24, 2.45) is 0 Å². The van der Waals surface area contributed by atoms with E-state index in [1.807, 2.05) is 61.5 Å². The van der Waals surface area contributed by atoms with Gasteiger partial charge in [-0.05, 0) is 79.0 Å². The number of carbonyl (C=O) groups is 1. The van der Waals surface area contributed by atoms with Crippen LogP contribution < -0.4 is 15.4 Å². The van der Waals surface area contributed by atoms with E-state index < -0.39 is 0 Å². The number of hydrogen-bond donors (Lipinski definition) is 2. The highest BCUT2D eigenvalue weighted by molar-refractivity contribution is 7.80. The summed E-state index contributed by atoms with van der Waals surface area (Å²) >= 11 is 5.29. The summed E-state index contributed by atoms with van der Waals surface area (Å²) in [6.45, 7) is 6.17. The number of rotatable bonds is 7. The Bertz CT molecular complexity index is 1330. The summed E-state index contributed by atoms with van der Waals surface area (Å²) in [7, 11) is 0. The van der Waals surface area contributed by atoms with E-state index in [4.69, 9.17) is 21.4 Å². The predicted molar refractivity (Wildman–Crippen MR) is 139 cm³/mol. The molecule has 0 saturated heterocycles. The van der Waals surface area contributed by atoms with Gasteiger partial charge in [0.2, 0.25) is 5.89 Å². The highest BCUT2D eigenvalue weighted by Gasteiger charge is 2.12. The Balaban J connectivity index is 1.40. The van der Waals surface area contributed by atoms with Crippen LogP contribution in [0.1, 0.15) is 37.3 Å². The Morgan fingerprint density at radius 3 is 2.74 bits per heavy atom. The minimum atomic E-state index is -0.340. The molecule has 6 nitrogen and oxygen atoms in total. The summed E-state index contributed by atoms with van der Waals surface area (Å²) in [5, 5.41) is 5.86. The van der Waals surface area contributed by atoms with Crippen molar-refractivity contribution in [3.63, 3.8) is 0 Å². The number of hydrogen-bond acceptors (Lipinski definition) is 5. The predicted octanol–water partition coefficient (Wildman–Crippen LogP) is 6.21. The van der Waals surface area contributed by atoms with Gasteiger partial charge in [-0.3, -0.25) is 10.1 Å². The number of aromatic nitrogens is 1. The molecule has 0 fully saturated rings. The van der Waals surface area contributed by atoms with E-state index in [9.17, 15) is 4.79 Å². The number of para-hydroxylation sites is 1. The molecule has 7 heteroatoms. The maximum Gasteiger partial charge on any atom is 0.264 e. The lowest BCUT2D eigenvalue weighted by Gasteiger charge is -2.11. The van der Waals surface area contributed by atoms with Gasteiger partial charge in [-0.25, -0.2) is 4.98 Å². The van der Waals surface area contributed by atoms with E-state index in [1.165, 1.54) is 5.56 Å². The van der Waals surface area contributed by atoms with Gasteiger partial charge in [0.05, 0.1) is 0 Å². The van der Waals surface area contributed by atoms with E-state index in [2.05, 4.69) is 41.6 Å². The third-order valence-electron chi connectivity index (χ3n) is 5.67. The third kappa shape index (κ3) is 5.61. The largest absolute Gasteiger partial charge is 0.483 e. The molecule has 4 rings (SSSR count). The first-order valence-corrected chi connectivity index (χ1v) is 11.6. The Morgan fingerprint density at radius 1 is 1.12 bits per heavy atom. The standard InChI is InChI=1S/C27H27N3O3S/c1-4-17(2)19-12-13-24-22(15-19)29-26(33-24)20-9-7-10-21(14-20)28-27(34)30-25(31)16-32-23-11-6-5-8-18(23)3/h5-15,17H,4,16H2,1-3H3,(H2,28,30,31,34)/t17-/m0/s1. The number of amides is 1. The maximum atomic E-state index is 12.2. The Morgan fingerprint density at radius 2 is 1.94 bits per heavy atom. The van der Waals surface area contributed by atoms with Crippen LogP contribution in [0.15, 0.2) is 71.1 Å². The van der Waals surface area contributed by atoms with E-state index in [0.29, 0.717) is 23.2 Å². The molecule has 174 valence electrons. The van der Waals surface area contributed by atoms with Crippen LogP contribution in [0.4, 0.5) is 5.69 Å². The van der Waals surface area contributed by atoms with Gasteiger partial charge in [-0.15, -0.1) is 0 Å². The average molecular weight is 474 g/mol. The lowest BCUT2D eigenvalue weighted by Crippen LogP contribution is -2.37. The first kappa shape index (κ1) is 23.4. The normalized spacial score (nSPS) is 11.7. The SMILES string of the molecule is CC[C@H](C)c1ccc2oc(-c3cccc(NC(=S)NC(=O)COc4ccccc4C)c3)nc2c1. The summed E-state index contributed by atoms with van der Waals surface area (Å²) in [5.74, 6) is 1.32. The molecule has 1 aromatic heterocycles. The fourth-order valence-corrected chi connectivity index (χ4v) is 3.76. The van der Waals surface area contributed by atoms with Gasteiger partial charge in [0.25, 0.3) is 5.91 Å². The van der Waals surface area contributed by atoms with Crippen molar-refractivity contribution in [3.8, 4) is 17.2 Å². The Hall–Kier alpha value is -3.71. The summed E-state index contributed by atoms with van der Waals surface area (Å²) < 4.78 is 11.5. The second kappa shape index (κ2) is 10.5. The Kier molecular flexibility index (Phi) is 7.23. The van der Waals surface area contributed by atoms with Crippen LogP contribution in [0, 0.1) is 6.92 Å².